The van der Waals surface area contributed by atoms with Crippen LogP contribution < -0.4 is 5.32 Å². The van der Waals surface area contributed by atoms with E-state index >= 15 is 0 Å². The number of amides is 1. The zero-order valence-corrected chi connectivity index (χ0v) is 14.0. The van der Waals surface area contributed by atoms with Gasteiger partial charge in [0, 0.05) is 4.47 Å². The van der Waals surface area contributed by atoms with Crippen molar-refractivity contribution in [3.63, 3.8) is 0 Å². The zero-order chi connectivity index (χ0) is 15.5. The summed E-state index contributed by atoms with van der Waals surface area (Å²) >= 11 is 3.38. The van der Waals surface area contributed by atoms with Gasteiger partial charge in [-0.2, -0.15) is 0 Å². The van der Waals surface area contributed by atoms with Crippen molar-refractivity contribution in [1.29, 1.82) is 0 Å². The summed E-state index contributed by atoms with van der Waals surface area (Å²) in [4.78, 5) is 24.0. The molecule has 0 saturated heterocycles. The van der Waals surface area contributed by atoms with E-state index in [1.807, 2.05) is 13.0 Å². The number of ether oxygens (including phenoxy) is 1. The molecule has 1 aromatic rings. The molecule has 0 aliphatic rings. The van der Waals surface area contributed by atoms with Crippen molar-refractivity contribution in [3.8, 4) is 0 Å². The molecular weight excluding hydrogens is 322 g/mol. The van der Waals surface area contributed by atoms with E-state index in [9.17, 15) is 9.59 Å². The normalized spacial score (nSPS) is 12.7. The molecule has 0 saturated carbocycles. The van der Waals surface area contributed by atoms with Crippen molar-refractivity contribution < 1.29 is 14.3 Å². The SMILES string of the molecule is Cc1cccc(C(=O)N[C@H](C)C(=O)OC(C)(C)C)c1Br. The first-order valence-corrected chi connectivity index (χ1v) is 7.20. The Kier molecular flexibility index (Phi) is 5.34. The number of esters is 1. The Morgan fingerprint density at radius 2 is 1.90 bits per heavy atom. The van der Waals surface area contributed by atoms with Gasteiger partial charge in [-0.05, 0) is 62.2 Å². The number of carbonyl (C=O) groups is 2. The van der Waals surface area contributed by atoms with Gasteiger partial charge in [0.25, 0.3) is 5.91 Å². The maximum Gasteiger partial charge on any atom is 0.328 e. The van der Waals surface area contributed by atoms with E-state index in [0.29, 0.717) is 5.56 Å². The number of nitrogens with one attached hydrogen (secondary N) is 1. The molecule has 0 bridgehead atoms. The van der Waals surface area contributed by atoms with Crippen LogP contribution in [0, 0.1) is 6.92 Å². The van der Waals surface area contributed by atoms with Crippen LogP contribution in [0.4, 0.5) is 0 Å². The van der Waals surface area contributed by atoms with E-state index in [0.717, 1.165) is 10.0 Å². The van der Waals surface area contributed by atoms with Crippen molar-refractivity contribution in [2.24, 2.45) is 0 Å². The number of halogens is 1. The van der Waals surface area contributed by atoms with Gasteiger partial charge < -0.3 is 10.1 Å². The molecule has 20 heavy (non-hydrogen) atoms. The van der Waals surface area contributed by atoms with Crippen LogP contribution in [-0.4, -0.2) is 23.5 Å². The minimum absolute atomic E-state index is 0.307. The Morgan fingerprint density at radius 3 is 2.45 bits per heavy atom. The van der Waals surface area contributed by atoms with Crippen LogP contribution in [0.5, 0.6) is 0 Å². The largest absolute Gasteiger partial charge is 0.458 e. The van der Waals surface area contributed by atoms with Crippen molar-refractivity contribution in [3.05, 3.63) is 33.8 Å². The first kappa shape index (κ1) is 16.7. The highest BCUT2D eigenvalue weighted by atomic mass is 79.9. The number of carbonyl (C=O) groups excluding carboxylic acids is 2. The first-order chi connectivity index (χ1) is 9.11. The molecular formula is C15H20BrNO3. The summed E-state index contributed by atoms with van der Waals surface area (Å²) in [6, 6.07) is 4.70. The fraction of sp³-hybridized carbons (Fsp3) is 0.467. The summed E-state index contributed by atoms with van der Waals surface area (Å²) in [5.41, 5.74) is 0.892. The van der Waals surface area contributed by atoms with E-state index < -0.39 is 17.6 Å². The predicted molar refractivity (Wildman–Crippen MR) is 81.7 cm³/mol. The third kappa shape index (κ3) is 4.63. The minimum atomic E-state index is -0.700. The summed E-state index contributed by atoms with van der Waals surface area (Å²) in [5.74, 6) is -0.756. The van der Waals surface area contributed by atoms with Gasteiger partial charge in [-0.1, -0.05) is 12.1 Å². The second-order valence-electron chi connectivity index (χ2n) is 5.67. The van der Waals surface area contributed by atoms with E-state index in [4.69, 9.17) is 4.74 Å². The van der Waals surface area contributed by atoms with E-state index in [1.165, 1.54) is 0 Å². The molecule has 0 fully saturated rings. The molecule has 0 aliphatic heterocycles. The van der Waals surface area contributed by atoms with Gasteiger partial charge in [0.1, 0.15) is 11.6 Å². The minimum Gasteiger partial charge on any atom is -0.458 e. The van der Waals surface area contributed by atoms with Gasteiger partial charge in [-0.15, -0.1) is 0 Å². The molecule has 0 spiro atoms. The molecule has 110 valence electrons. The Labute approximate surface area is 128 Å². The maximum atomic E-state index is 12.1. The number of benzene rings is 1. The van der Waals surface area contributed by atoms with Gasteiger partial charge in [-0.25, -0.2) is 4.79 Å². The van der Waals surface area contributed by atoms with Crippen LogP contribution in [0.1, 0.15) is 43.6 Å². The summed E-state index contributed by atoms with van der Waals surface area (Å²) in [6.45, 7) is 8.87. The van der Waals surface area contributed by atoms with Crippen LogP contribution in [0.3, 0.4) is 0 Å². The lowest BCUT2D eigenvalue weighted by molar-refractivity contribution is -0.156. The smallest absolute Gasteiger partial charge is 0.328 e. The van der Waals surface area contributed by atoms with Crippen LogP contribution in [-0.2, 0) is 9.53 Å². The third-order valence-electron chi connectivity index (χ3n) is 2.54. The van der Waals surface area contributed by atoms with Crippen LogP contribution in [0.25, 0.3) is 0 Å². The molecule has 4 nitrogen and oxygen atoms in total. The molecule has 5 heteroatoms. The highest BCUT2D eigenvalue weighted by Gasteiger charge is 2.24. The van der Waals surface area contributed by atoms with Gasteiger partial charge in [0.2, 0.25) is 0 Å². The Hall–Kier alpha value is -1.36. The molecule has 0 aromatic heterocycles. The second kappa shape index (κ2) is 6.39. The number of rotatable bonds is 3. The Morgan fingerprint density at radius 1 is 1.30 bits per heavy atom. The maximum absolute atomic E-state index is 12.1. The van der Waals surface area contributed by atoms with Gasteiger partial charge in [0.15, 0.2) is 0 Å². The molecule has 1 amide bonds. The molecule has 0 unspecified atom stereocenters. The fourth-order valence-corrected chi connectivity index (χ4v) is 1.99. The van der Waals surface area contributed by atoms with E-state index in [2.05, 4.69) is 21.2 Å². The monoisotopic (exact) mass is 341 g/mol. The van der Waals surface area contributed by atoms with Gasteiger partial charge >= 0.3 is 5.97 Å². The average Bonchev–Trinajstić information content (AvgIpc) is 2.30. The average molecular weight is 342 g/mol. The van der Waals surface area contributed by atoms with Gasteiger partial charge in [0.05, 0.1) is 5.56 Å². The van der Waals surface area contributed by atoms with Crippen LogP contribution in [0.2, 0.25) is 0 Å². The highest BCUT2D eigenvalue weighted by Crippen LogP contribution is 2.21. The molecule has 1 N–H and O–H groups in total. The summed E-state index contributed by atoms with van der Waals surface area (Å²) in [5, 5.41) is 2.64. The van der Waals surface area contributed by atoms with Crippen molar-refractivity contribution in [1.82, 2.24) is 5.32 Å². The molecule has 1 rings (SSSR count). The Balaban J connectivity index is 2.76. The zero-order valence-electron chi connectivity index (χ0n) is 12.4. The molecule has 0 radical (unpaired) electrons. The third-order valence-corrected chi connectivity index (χ3v) is 3.60. The van der Waals surface area contributed by atoms with E-state index in [-0.39, 0.29) is 5.91 Å². The topological polar surface area (TPSA) is 55.4 Å². The standard InChI is InChI=1S/C15H20BrNO3/c1-9-7-6-8-11(12(9)16)13(18)17-10(2)14(19)20-15(3,4)5/h6-8,10H,1-5H3,(H,17,18)/t10-/m1/s1. The van der Waals surface area contributed by atoms with E-state index in [1.54, 1.807) is 39.8 Å². The molecule has 0 heterocycles. The number of hydrogen-bond acceptors (Lipinski definition) is 3. The molecule has 1 atom stereocenters. The van der Waals surface area contributed by atoms with Crippen molar-refractivity contribution in [2.45, 2.75) is 46.3 Å². The quantitative estimate of drug-likeness (QED) is 0.858. The summed E-state index contributed by atoms with van der Waals surface area (Å²) in [7, 11) is 0. The molecule has 1 aromatic carbocycles. The highest BCUT2D eigenvalue weighted by molar-refractivity contribution is 9.10. The number of aryl methyl sites for hydroxylation is 1. The Bertz CT molecular complexity index is 520. The van der Waals surface area contributed by atoms with Crippen molar-refractivity contribution >= 4 is 27.8 Å². The van der Waals surface area contributed by atoms with Crippen LogP contribution >= 0.6 is 15.9 Å². The second-order valence-corrected chi connectivity index (χ2v) is 6.46. The molecule has 0 aliphatic carbocycles. The lowest BCUT2D eigenvalue weighted by atomic mass is 10.1. The number of hydrogen-bond donors (Lipinski definition) is 1. The lowest BCUT2D eigenvalue weighted by Crippen LogP contribution is -2.42. The summed E-state index contributed by atoms with van der Waals surface area (Å²) < 4.78 is 5.96. The first-order valence-electron chi connectivity index (χ1n) is 6.40. The fourth-order valence-electron chi connectivity index (χ4n) is 1.55. The van der Waals surface area contributed by atoms with Crippen LogP contribution in [0.15, 0.2) is 22.7 Å². The summed E-state index contributed by atoms with van der Waals surface area (Å²) in [6.07, 6.45) is 0. The predicted octanol–water partition coefficient (Wildman–Crippen LogP) is 3.22. The van der Waals surface area contributed by atoms with Crippen molar-refractivity contribution in [2.75, 3.05) is 0 Å². The lowest BCUT2D eigenvalue weighted by Gasteiger charge is -2.22. The van der Waals surface area contributed by atoms with Gasteiger partial charge in [-0.3, -0.25) is 4.79 Å².